The number of carbonyl (C=O) groups excluding carboxylic acids is 1. The van der Waals surface area contributed by atoms with Gasteiger partial charge in [-0.25, -0.2) is 0 Å². The lowest BCUT2D eigenvalue weighted by Gasteiger charge is -2.37. The van der Waals surface area contributed by atoms with Crippen molar-refractivity contribution in [1.29, 1.82) is 0 Å². The zero-order valence-corrected chi connectivity index (χ0v) is 11.5. The fourth-order valence-electron chi connectivity index (χ4n) is 2.74. The molecule has 1 aliphatic heterocycles. The van der Waals surface area contributed by atoms with Gasteiger partial charge in [0.2, 0.25) is 0 Å². The molecule has 18 heavy (non-hydrogen) atoms. The summed E-state index contributed by atoms with van der Waals surface area (Å²) in [6, 6.07) is 6.61. The van der Waals surface area contributed by atoms with Crippen LogP contribution in [-0.4, -0.2) is 44.4 Å². The number of hydrogen-bond acceptors (Lipinski definition) is 3. The van der Waals surface area contributed by atoms with Gasteiger partial charge < -0.3 is 9.80 Å². The maximum absolute atomic E-state index is 11.2. The number of aldehydes is 1. The average molecular weight is 246 g/mol. The number of carbonyl (C=O) groups is 1. The van der Waals surface area contributed by atoms with Crippen molar-refractivity contribution >= 4 is 12.0 Å². The molecule has 3 nitrogen and oxygen atoms in total. The molecule has 0 aromatic heterocycles. The number of likely N-dealkylation sites (N-methyl/N-ethyl adjacent to an activating group) is 2. The summed E-state index contributed by atoms with van der Waals surface area (Å²) in [6.45, 7) is 4.27. The van der Waals surface area contributed by atoms with Gasteiger partial charge >= 0.3 is 0 Å². The Balaban J connectivity index is 2.22. The minimum Gasteiger partial charge on any atom is -0.370 e. The molecule has 1 aromatic carbocycles. The van der Waals surface area contributed by atoms with Crippen molar-refractivity contribution in [3.8, 4) is 0 Å². The fourth-order valence-corrected chi connectivity index (χ4v) is 2.74. The molecule has 0 amide bonds. The molecule has 2 rings (SSSR count). The van der Waals surface area contributed by atoms with Gasteiger partial charge in [-0.15, -0.1) is 0 Å². The molecule has 1 aromatic rings. The highest BCUT2D eigenvalue weighted by molar-refractivity contribution is 5.85. The third kappa shape index (κ3) is 2.72. The van der Waals surface area contributed by atoms with Gasteiger partial charge in [-0.2, -0.15) is 0 Å². The van der Waals surface area contributed by atoms with Crippen molar-refractivity contribution in [3.63, 3.8) is 0 Å². The third-order valence-corrected chi connectivity index (χ3v) is 3.84. The van der Waals surface area contributed by atoms with Gasteiger partial charge in [0.1, 0.15) is 0 Å². The molecule has 1 heterocycles. The van der Waals surface area contributed by atoms with Gasteiger partial charge in [0.05, 0.1) is 0 Å². The molecule has 1 atom stereocenters. The first kappa shape index (κ1) is 13.1. The Labute approximate surface area is 109 Å². The topological polar surface area (TPSA) is 23.6 Å². The zero-order chi connectivity index (χ0) is 13.1. The quantitative estimate of drug-likeness (QED) is 0.765. The smallest absolute Gasteiger partial charge is 0.152 e. The third-order valence-electron chi connectivity index (χ3n) is 3.84. The number of nitrogens with zero attached hydrogens (tertiary/aromatic N) is 2. The Bertz CT molecular complexity index is 431. The monoisotopic (exact) mass is 246 g/mol. The Hall–Kier alpha value is -1.35. The van der Waals surface area contributed by atoms with E-state index in [4.69, 9.17) is 0 Å². The van der Waals surface area contributed by atoms with Gasteiger partial charge in [0, 0.05) is 30.9 Å². The summed E-state index contributed by atoms with van der Waals surface area (Å²) < 4.78 is 0. The predicted molar refractivity (Wildman–Crippen MR) is 75.5 cm³/mol. The Morgan fingerprint density at radius 3 is 2.89 bits per heavy atom. The van der Waals surface area contributed by atoms with Crippen LogP contribution >= 0.6 is 0 Å². The van der Waals surface area contributed by atoms with Crippen LogP contribution in [0.4, 0.5) is 5.69 Å². The predicted octanol–water partition coefficient (Wildman–Crippen LogP) is 2.34. The molecule has 0 saturated carbocycles. The highest BCUT2D eigenvalue weighted by atomic mass is 16.1. The lowest BCUT2D eigenvalue weighted by atomic mass is 10.0. The molecule has 0 aliphatic carbocycles. The van der Waals surface area contributed by atoms with E-state index in [0.717, 1.165) is 29.6 Å². The number of likely N-dealkylation sites (tertiary alicyclic amines) is 1. The minimum atomic E-state index is 0.505. The Kier molecular flexibility index (Phi) is 4.02. The summed E-state index contributed by atoms with van der Waals surface area (Å²) in [5, 5.41) is 0. The van der Waals surface area contributed by atoms with Crippen LogP contribution in [0.25, 0.3) is 0 Å². The molecule has 98 valence electrons. The molecule has 1 fully saturated rings. The summed E-state index contributed by atoms with van der Waals surface area (Å²) in [4.78, 5) is 15.8. The molecule has 0 N–H and O–H groups in total. The number of hydrogen-bond donors (Lipinski definition) is 0. The van der Waals surface area contributed by atoms with E-state index in [2.05, 4.69) is 36.0 Å². The molecule has 3 heteroatoms. The molecule has 0 spiro atoms. The Morgan fingerprint density at radius 2 is 2.22 bits per heavy atom. The van der Waals surface area contributed by atoms with E-state index < -0.39 is 0 Å². The second kappa shape index (κ2) is 5.53. The van der Waals surface area contributed by atoms with E-state index in [1.807, 2.05) is 13.0 Å². The van der Waals surface area contributed by atoms with Gasteiger partial charge in [-0.3, -0.25) is 4.79 Å². The summed E-state index contributed by atoms with van der Waals surface area (Å²) in [5.41, 5.74) is 2.98. The maximum atomic E-state index is 11.2. The second-order valence-electron chi connectivity index (χ2n) is 5.35. The molecule has 0 bridgehead atoms. The summed E-state index contributed by atoms with van der Waals surface area (Å²) in [7, 11) is 4.26. The number of piperidine rings is 1. The van der Waals surface area contributed by atoms with E-state index in [9.17, 15) is 4.79 Å². The van der Waals surface area contributed by atoms with Gasteiger partial charge in [0.25, 0.3) is 0 Å². The molecule has 1 unspecified atom stereocenters. The van der Waals surface area contributed by atoms with Crippen LogP contribution in [0.3, 0.4) is 0 Å². The lowest BCUT2D eigenvalue weighted by Crippen LogP contribution is -2.45. The van der Waals surface area contributed by atoms with Crippen LogP contribution in [0.5, 0.6) is 0 Å². The van der Waals surface area contributed by atoms with Gasteiger partial charge in [0.15, 0.2) is 6.29 Å². The molecule has 1 saturated heterocycles. The van der Waals surface area contributed by atoms with Crippen molar-refractivity contribution in [2.75, 3.05) is 32.1 Å². The van der Waals surface area contributed by atoms with Crippen LogP contribution in [0.1, 0.15) is 28.8 Å². The lowest BCUT2D eigenvalue weighted by molar-refractivity contribution is 0.112. The summed E-state index contributed by atoms with van der Waals surface area (Å²) >= 11 is 0. The number of anilines is 1. The zero-order valence-electron chi connectivity index (χ0n) is 11.5. The van der Waals surface area contributed by atoms with Crippen LogP contribution < -0.4 is 4.90 Å². The van der Waals surface area contributed by atoms with E-state index in [1.165, 1.54) is 19.4 Å². The first-order valence-corrected chi connectivity index (χ1v) is 6.59. The molecule has 1 aliphatic rings. The van der Waals surface area contributed by atoms with E-state index in [0.29, 0.717) is 6.04 Å². The van der Waals surface area contributed by atoms with Crippen molar-refractivity contribution in [2.45, 2.75) is 25.8 Å². The number of benzene rings is 1. The maximum Gasteiger partial charge on any atom is 0.152 e. The van der Waals surface area contributed by atoms with E-state index in [-0.39, 0.29) is 0 Å². The SMILES string of the molecule is Cc1ccc(N(C)C2CCCN(C)C2)c(C=O)c1. The molecular weight excluding hydrogens is 224 g/mol. The standard InChI is InChI=1S/C15H22N2O/c1-12-6-7-15(13(9-12)11-18)17(3)14-5-4-8-16(2)10-14/h6-7,9,11,14H,4-5,8,10H2,1-3H3. The molecular formula is C15H22N2O. The van der Waals surface area contributed by atoms with Crippen molar-refractivity contribution in [3.05, 3.63) is 29.3 Å². The summed E-state index contributed by atoms with van der Waals surface area (Å²) in [6.07, 6.45) is 3.40. The average Bonchev–Trinajstić information content (AvgIpc) is 2.37. The van der Waals surface area contributed by atoms with Crippen LogP contribution in [0.2, 0.25) is 0 Å². The highest BCUT2D eigenvalue weighted by Gasteiger charge is 2.22. The first-order valence-electron chi connectivity index (χ1n) is 6.59. The van der Waals surface area contributed by atoms with Crippen molar-refractivity contribution < 1.29 is 4.79 Å². The van der Waals surface area contributed by atoms with Gasteiger partial charge in [-0.05, 0) is 45.5 Å². The number of rotatable bonds is 3. The fraction of sp³-hybridized carbons (Fsp3) is 0.533. The number of aryl methyl sites for hydroxylation is 1. The second-order valence-corrected chi connectivity index (χ2v) is 5.35. The molecule has 0 radical (unpaired) electrons. The normalized spacial score (nSPS) is 20.7. The van der Waals surface area contributed by atoms with Crippen LogP contribution in [0.15, 0.2) is 18.2 Å². The minimum absolute atomic E-state index is 0.505. The Morgan fingerprint density at radius 1 is 1.44 bits per heavy atom. The van der Waals surface area contributed by atoms with Gasteiger partial charge in [-0.1, -0.05) is 11.6 Å². The van der Waals surface area contributed by atoms with Crippen LogP contribution in [-0.2, 0) is 0 Å². The van der Waals surface area contributed by atoms with Crippen molar-refractivity contribution in [2.24, 2.45) is 0 Å². The van der Waals surface area contributed by atoms with E-state index in [1.54, 1.807) is 0 Å². The van der Waals surface area contributed by atoms with E-state index >= 15 is 0 Å². The largest absolute Gasteiger partial charge is 0.370 e. The summed E-state index contributed by atoms with van der Waals surface area (Å²) in [5.74, 6) is 0. The van der Waals surface area contributed by atoms with Crippen molar-refractivity contribution in [1.82, 2.24) is 4.90 Å². The van der Waals surface area contributed by atoms with Crippen LogP contribution in [0, 0.1) is 6.92 Å². The first-order chi connectivity index (χ1) is 8.61. The highest BCUT2D eigenvalue weighted by Crippen LogP contribution is 2.24.